The third kappa shape index (κ3) is 1.78. The molecule has 0 saturated heterocycles. The van der Waals surface area contributed by atoms with E-state index in [-0.39, 0.29) is 5.69 Å². The Hall–Kier alpha value is -1.56. The molecule has 90 valence electrons. The molecule has 3 rings (SSSR count). The minimum atomic E-state index is -0.923. The lowest BCUT2D eigenvalue weighted by Gasteiger charge is -2.16. The molecule has 0 aliphatic heterocycles. The predicted molar refractivity (Wildman–Crippen MR) is 66.0 cm³/mol. The molecule has 1 aliphatic carbocycles. The van der Waals surface area contributed by atoms with E-state index in [0.717, 1.165) is 11.5 Å². The van der Waals surface area contributed by atoms with Crippen LogP contribution in [0.1, 0.15) is 23.3 Å². The molecule has 2 aromatic heterocycles. The summed E-state index contributed by atoms with van der Waals surface area (Å²) in [4.78, 5) is 18.4. The zero-order valence-corrected chi connectivity index (χ0v) is 10.3. The second-order valence-electron chi connectivity index (χ2n) is 4.47. The summed E-state index contributed by atoms with van der Waals surface area (Å²) >= 11 is 1.45. The number of hydrogen-bond acceptors (Lipinski definition) is 4. The number of hydrogen-bond donors (Lipinski definition) is 1. The summed E-state index contributed by atoms with van der Waals surface area (Å²) in [5.41, 5.74) is 0.268. The highest BCUT2D eigenvalue weighted by Crippen LogP contribution is 2.32. The number of fused-ring (bicyclic) bond motifs is 1. The highest BCUT2D eigenvalue weighted by Gasteiger charge is 2.27. The molecular formula is C11H13N3O2S. The van der Waals surface area contributed by atoms with Gasteiger partial charge in [-0.15, -0.1) is 11.3 Å². The third-order valence-electron chi connectivity index (χ3n) is 3.04. The van der Waals surface area contributed by atoms with E-state index in [0.29, 0.717) is 11.7 Å². The smallest absolute Gasteiger partial charge is 0.356 e. The van der Waals surface area contributed by atoms with Gasteiger partial charge in [0.15, 0.2) is 16.5 Å². The molecule has 0 aromatic carbocycles. The van der Waals surface area contributed by atoms with Crippen molar-refractivity contribution in [1.29, 1.82) is 0 Å². The summed E-state index contributed by atoms with van der Waals surface area (Å²) in [5, 5.41) is 11.1. The maximum Gasteiger partial charge on any atom is 0.356 e. The van der Waals surface area contributed by atoms with Crippen molar-refractivity contribution in [2.24, 2.45) is 5.92 Å². The van der Waals surface area contributed by atoms with Crippen LogP contribution in [0.25, 0.3) is 4.96 Å². The van der Waals surface area contributed by atoms with E-state index >= 15 is 0 Å². The Bertz CT molecular complexity index is 570. The van der Waals surface area contributed by atoms with Crippen molar-refractivity contribution in [2.75, 3.05) is 18.5 Å². The molecule has 0 radical (unpaired) electrons. The number of aromatic nitrogens is 2. The van der Waals surface area contributed by atoms with E-state index in [4.69, 9.17) is 0 Å². The Morgan fingerprint density at radius 3 is 3.12 bits per heavy atom. The number of carboxylic acids is 1. The number of rotatable bonds is 4. The van der Waals surface area contributed by atoms with E-state index < -0.39 is 5.97 Å². The number of aromatic carboxylic acids is 1. The van der Waals surface area contributed by atoms with Crippen LogP contribution in [0.5, 0.6) is 0 Å². The first kappa shape index (κ1) is 10.6. The van der Waals surface area contributed by atoms with E-state index in [1.807, 2.05) is 17.3 Å². The summed E-state index contributed by atoms with van der Waals surface area (Å²) in [5.74, 6) is 0.367. The van der Waals surface area contributed by atoms with Crippen LogP contribution >= 0.6 is 11.3 Å². The van der Waals surface area contributed by atoms with Crippen molar-refractivity contribution in [3.8, 4) is 0 Å². The molecule has 17 heavy (non-hydrogen) atoms. The van der Waals surface area contributed by atoms with E-state index in [1.54, 1.807) is 10.6 Å². The van der Waals surface area contributed by atoms with Crippen LogP contribution in [0.15, 0.2) is 11.6 Å². The fourth-order valence-electron chi connectivity index (χ4n) is 2.01. The van der Waals surface area contributed by atoms with Gasteiger partial charge in [-0.1, -0.05) is 0 Å². The van der Waals surface area contributed by atoms with Crippen LogP contribution < -0.4 is 4.90 Å². The monoisotopic (exact) mass is 251 g/mol. The van der Waals surface area contributed by atoms with E-state index in [2.05, 4.69) is 4.98 Å². The Labute approximate surface area is 102 Å². The maximum absolute atomic E-state index is 11.3. The molecule has 5 nitrogen and oxygen atoms in total. The highest BCUT2D eigenvalue weighted by atomic mass is 32.1. The molecule has 1 aliphatic rings. The van der Waals surface area contributed by atoms with Crippen molar-refractivity contribution in [2.45, 2.75) is 12.8 Å². The SMILES string of the molecule is CN(CC1CC1)c1nc2sccn2c1C(=O)O. The van der Waals surface area contributed by atoms with Crippen molar-refractivity contribution in [1.82, 2.24) is 9.38 Å². The standard InChI is InChI=1S/C11H13N3O2S/c1-13(6-7-2-3-7)9-8(10(15)16)14-4-5-17-11(14)12-9/h4-5,7H,2-3,6H2,1H3,(H,15,16). The quantitative estimate of drug-likeness (QED) is 0.902. The highest BCUT2D eigenvalue weighted by molar-refractivity contribution is 7.15. The minimum Gasteiger partial charge on any atom is -0.476 e. The maximum atomic E-state index is 11.3. The molecule has 1 N–H and O–H groups in total. The molecule has 1 saturated carbocycles. The molecule has 0 atom stereocenters. The van der Waals surface area contributed by atoms with Crippen molar-refractivity contribution < 1.29 is 9.90 Å². The molecule has 6 heteroatoms. The van der Waals surface area contributed by atoms with Gasteiger partial charge in [0, 0.05) is 25.2 Å². The van der Waals surface area contributed by atoms with Crippen LogP contribution in [0.4, 0.5) is 5.82 Å². The van der Waals surface area contributed by atoms with Gasteiger partial charge in [-0.3, -0.25) is 4.40 Å². The van der Waals surface area contributed by atoms with Crippen LogP contribution in [0.2, 0.25) is 0 Å². The van der Waals surface area contributed by atoms with E-state index in [1.165, 1.54) is 24.2 Å². The number of carbonyl (C=O) groups is 1. The van der Waals surface area contributed by atoms with Crippen molar-refractivity contribution in [3.63, 3.8) is 0 Å². The summed E-state index contributed by atoms with van der Waals surface area (Å²) in [6.07, 6.45) is 4.24. The lowest BCUT2D eigenvalue weighted by atomic mass is 10.3. The molecule has 0 bridgehead atoms. The van der Waals surface area contributed by atoms with Gasteiger partial charge in [0.1, 0.15) is 0 Å². The first-order valence-electron chi connectivity index (χ1n) is 5.57. The second-order valence-corrected chi connectivity index (χ2v) is 5.34. The molecule has 2 aromatic rings. The number of anilines is 1. The topological polar surface area (TPSA) is 57.8 Å². The van der Waals surface area contributed by atoms with Gasteiger partial charge in [-0.25, -0.2) is 9.78 Å². The van der Waals surface area contributed by atoms with Crippen molar-refractivity contribution >= 4 is 28.1 Å². The second kappa shape index (κ2) is 3.73. The van der Waals surface area contributed by atoms with Gasteiger partial charge in [0.25, 0.3) is 0 Å². The fourth-order valence-corrected chi connectivity index (χ4v) is 2.72. The summed E-state index contributed by atoms with van der Waals surface area (Å²) in [7, 11) is 1.91. The number of thiazole rings is 1. The predicted octanol–water partition coefficient (Wildman–Crippen LogP) is 1.94. The van der Waals surface area contributed by atoms with Gasteiger partial charge in [0.05, 0.1) is 0 Å². The Balaban J connectivity index is 2.03. The molecule has 0 amide bonds. The lowest BCUT2D eigenvalue weighted by molar-refractivity contribution is 0.0690. The first-order chi connectivity index (χ1) is 8.16. The normalized spacial score (nSPS) is 15.4. The van der Waals surface area contributed by atoms with Crippen LogP contribution in [-0.2, 0) is 0 Å². The molecule has 1 fully saturated rings. The molecular weight excluding hydrogens is 238 g/mol. The Morgan fingerprint density at radius 1 is 1.71 bits per heavy atom. The van der Waals surface area contributed by atoms with Gasteiger partial charge in [-0.05, 0) is 18.8 Å². The Morgan fingerprint density at radius 2 is 2.47 bits per heavy atom. The van der Waals surface area contributed by atoms with Gasteiger partial charge >= 0.3 is 5.97 Å². The van der Waals surface area contributed by atoms with Gasteiger partial charge in [0.2, 0.25) is 0 Å². The van der Waals surface area contributed by atoms with Crippen LogP contribution in [0, 0.1) is 5.92 Å². The average Bonchev–Trinajstić information content (AvgIpc) is 2.84. The summed E-state index contributed by atoms with van der Waals surface area (Å²) < 4.78 is 1.64. The zero-order valence-electron chi connectivity index (χ0n) is 9.46. The molecule has 2 heterocycles. The van der Waals surface area contributed by atoms with Crippen molar-refractivity contribution in [3.05, 3.63) is 17.3 Å². The van der Waals surface area contributed by atoms with Crippen LogP contribution in [0.3, 0.4) is 0 Å². The number of imidazole rings is 1. The lowest BCUT2D eigenvalue weighted by Crippen LogP contribution is -2.22. The molecule has 0 spiro atoms. The largest absolute Gasteiger partial charge is 0.476 e. The molecule has 0 unspecified atom stereocenters. The zero-order chi connectivity index (χ0) is 12.0. The van der Waals surface area contributed by atoms with Gasteiger partial charge in [-0.2, -0.15) is 0 Å². The van der Waals surface area contributed by atoms with Crippen LogP contribution in [-0.4, -0.2) is 34.1 Å². The van der Waals surface area contributed by atoms with Gasteiger partial charge < -0.3 is 10.0 Å². The van der Waals surface area contributed by atoms with E-state index in [9.17, 15) is 9.90 Å². The summed E-state index contributed by atoms with van der Waals surface area (Å²) in [6.45, 7) is 0.894. The number of nitrogens with zero attached hydrogens (tertiary/aromatic N) is 3. The number of carboxylic acid groups (broad SMARTS) is 1. The third-order valence-corrected chi connectivity index (χ3v) is 3.79. The first-order valence-corrected chi connectivity index (χ1v) is 6.44. The minimum absolute atomic E-state index is 0.268. The fraction of sp³-hybridized carbons (Fsp3) is 0.455. The summed E-state index contributed by atoms with van der Waals surface area (Å²) in [6, 6.07) is 0. The average molecular weight is 251 g/mol. The Kier molecular flexibility index (Phi) is 2.32.